The molecule has 0 bridgehead atoms. The lowest BCUT2D eigenvalue weighted by molar-refractivity contribution is 0.122. The maximum Gasteiger partial charge on any atom is 0.227 e. The highest BCUT2D eigenvalue weighted by molar-refractivity contribution is 5.42. The number of anilines is 2. The molecule has 2 aliphatic rings. The fourth-order valence-corrected chi connectivity index (χ4v) is 3.39. The van der Waals surface area contributed by atoms with E-state index in [1.165, 1.54) is 0 Å². The van der Waals surface area contributed by atoms with Crippen molar-refractivity contribution in [2.45, 2.75) is 32.4 Å². The lowest BCUT2D eigenvalue weighted by atomic mass is 10.1. The van der Waals surface area contributed by atoms with Crippen molar-refractivity contribution in [2.75, 3.05) is 49.6 Å². The standard InChI is InChI=1S/C17H25N7O2/c1-13-19-16(22-26-13)12-23-6-3-14(4-7-23)20-15-2-5-18-17(21-15)24-8-10-25-11-9-24/h2,5,14H,3-4,6-12H2,1H3,(H,18,20,21). The van der Waals surface area contributed by atoms with Gasteiger partial charge < -0.3 is 19.5 Å². The van der Waals surface area contributed by atoms with Gasteiger partial charge in [-0.2, -0.15) is 9.97 Å². The zero-order valence-corrected chi connectivity index (χ0v) is 15.1. The topological polar surface area (TPSA) is 92.4 Å². The number of aromatic nitrogens is 4. The fourth-order valence-electron chi connectivity index (χ4n) is 3.39. The number of likely N-dealkylation sites (tertiary alicyclic amines) is 1. The second-order valence-electron chi connectivity index (χ2n) is 6.77. The molecule has 9 heteroatoms. The molecule has 0 atom stereocenters. The molecular weight excluding hydrogens is 334 g/mol. The number of nitrogens with zero attached hydrogens (tertiary/aromatic N) is 6. The van der Waals surface area contributed by atoms with Gasteiger partial charge in [-0.1, -0.05) is 5.16 Å². The summed E-state index contributed by atoms with van der Waals surface area (Å²) in [5.74, 6) is 3.06. The third-order valence-electron chi connectivity index (χ3n) is 4.81. The number of nitrogens with one attached hydrogen (secondary N) is 1. The molecule has 4 heterocycles. The van der Waals surface area contributed by atoms with E-state index in [0.717, 1.165) is 76.4 Å². The minimum absolute atomic E-state index is 0.422. The van der Waals surface area contributed by atoms with Crippen molar-refractivity contribution in [2.24, 2.45) is 0 Å². The van der Waals surface area contributed by atoms with Crippen LogP contribution in [-0.2, 0) is 11.3 Å². The van der Waals surface area contributed by atoms with E-state index in [1.54, 1.807) is 0 Å². The Balaban J connectivity index is 1.28. The van der Waals surface area contributed by atoms with Gasteiger partial charge in [0.2, 0.25) is 11.8 Å². The van der Waals surface area contributed by atoms with E-state index in [-0.39, 0.29) is 0 Å². The zero-order valence-electron chi connectivity index (χ0n) is 15.1. The largest absolute Gasteiger partial charge is 0.378 e. The predicted octanol–water partition coefficient (Wildman–Crippen LogP) is 1.08. The Morgan fingerprint density at radius 2 is 1.96 bits per heavy atom. The molecule has 0 saturated carbocycles. The van der Waals surface area contributed by atoms with Crippen molar-refractivity contribution < 1.29 is 9.26 Å². The van der Waals surface area contributed by atoms with Gasteiger partial charge in [0.05, 0.1) is 19.8 Å². The summed E-state index contributed by atoms with van der Waals surface area (Å²) in [5, 5.41) is 7.54. The molecule has 2 aromatic rings. The summed E-state index contributed by atoms with van der Waals surface area (Å²) in [4.78, 5) is 17.9. The third kappa shape index (κ3) is 4.28. The fraction of sp³-hybridized carbons (Fsp3) is 0.647. The molecule has 1 N–H and O–H groups in total. The van der Waals surface area contributed by atoms with E-state index in [9.17, 15) is 0 Å². The van der Waals surface area contributed by atoms with Gasteiger partial charge in [0.1, 0.15) is 5.82 Å². The van der Waals surface area contributed by atoms with Gasteiger partial charge in [-0.05, 0) is 18.9 Å². The summed E-state index contributed by atoms with van der Waals surface area (Å²) >= 11 is 0. The van der Waals surface area contributed by atoms with Crippen LogP contribution in [0.5, 0.6) is 0 Å². The van der Waals surface area contributed by atoms with Gasteiger partial charge in [0.25, 0.3) is 0 Å². The lowest BCUT2D eigenvalue weighted by Crippen LogP contribution is -2.39. The van der Waals surface area contributed by atoms with Crippen molar-refractivity contribution in [1.82, 2.24) is 25.0 Å². The summed E-state index contributed by atoms with van der Waals surface area (Å²) in [5.41, 5.74) is 0. The van der Waals surface area contributed by atoms with Crippen LogP contribution in [0.4, 0.5) is 11.8 Å². The zero-order chi connectivity index (χ0) is 17.8. The first-order valence-electron chi connectivity index (χ1n) is 9.20. The highest BCUT2D eigenvalue weighted by Gasteiger charge is 2.21. The highest BCUT2D eigenvalue weighted by atomic mass is 16.5. The van der Waals surface area contributed by atoms with Gasteiger partial charge in [-0.25, -0.2) is 4.98 Å². The van der Waals surface area contributed by atoms with Gasteiger partial charge in [0, 0.05) is 45.3 Å². The molecule has 4 rings (SSSR count). The van der Waals surface area contributed by atoms with Gasteiger partial charge in [-0.3, -0.25) is 4.90 Å². The average Bonchev–Trinajstić information content (AvgIpc) is 3.09. The number of piperidine rings is 1. The number of aryl methyl sites for hydroxylation is 1. The third-order valence-corrected chi connectivity index (χ3v) is 4.81. The molecule has 2 aliphatic heterocycles. The molecule has 0 aromatic carbocycles. The van der Waals surface area contributed by atoms with Crippen LogP contribution >= 0.6 is 0 Å². The minimum Gasteiger partial charge on any atom is -0.378 e. The molecule has 0 unspecified atom stereocenters. The number of hydrogen-bond acceptors (Lipinski definition) is 9. The Kier molecular flexibility index (Phi) is 5.26. The van der Waals surface area contributed by atoms with E-state index < -0.39 is 0 Å². The maximum atomic E-state index is 5.39. The summed E-state index contributed by atoms with van der Waals surface area (Å²) in [6.45, 7) is 7.74. The van der Waals surface area contributed by atoms with Gasteiger partial charge in [0.15, 0.2) is 5.82 Å². The smallest absolute Gasteiger partial charge is 0.227 e. The Morgan fingerprint density at radius 3 is 2.69 bits per heavy atom. The van der Waals surface area contributed by atoms with Crippen LogP contribution in [0.15, 0.2) is 16.8 Å². The van der Waals surface area contributed by atoms with Crippen LogP contribution in [0.25, 0.3) is 0 Å². The average molecular weight is 359 g/mol. The van der Waals surface area contributed by atoms with Crippen LogP contribution in [-0.4, -0.2) is 70.4 Å². The van der Waals surface area contributed by atoms with Crippen LogP contribution in [0.3, 0.4) is 0 Å². The lowest BCUT2D eigenvalue weighted by Gasteiger charge is -2.32. The first kappa shape index (κ1) is 17.2. The van der Waals surface area contributed by atoms with Crippen molar-refractivity contribution in [3.05, 3.63) is 24.0 Å². The van der Waals surface area contributed by atoms with Crippen LogP contribution in [0.2, 0.25) is 0 Å². The molecule has 0 radical (unpaired) electrons. The van der Waals surface area contributed by atoms with Crippen LogP contribution < -0.4 is 10.2 Å². The second kappa shape index (κ2) is 7.96. The van der Waals surface area contributed by atoms with E-state index in [1.807, 2.05) is 19.2 Å². The SMILES string of the molecule is Cc1nc(CN2CCC(Nc3ccnc(N4CCOCC4)n3)CC2)no1. The second-order valence-corrected chi connectivity index (χ2v) is 6.77. The first-order valence-corrected chi connectivity index (χ1v) is 9.20. The molecular formula is C17H25N7O2. The number of morpholine rings is 1. The Labute approximate surface area is 152 Å². The highest BCUT2D eigenvalue weighted by Crippen LogP contribution is 2.18. The Morgan fingerprint density at radius 1 is 1.15 bits per heavy atom. The molecule has 26 heavy (non-hydrogen) atoms. The predicted molar refractivity (Wildman–Crippen MR) is 96.0 cm³/mol. The number of ether oxygens (including phenoxy) is 1. The quantitative estimate of drug-likeness (QED) is 0.842. The Bertz CT molecular complexity index is 709. The molecule has 2 saturated heterocycles. The monoisotopic (exact) mass is 359 g/mol. The maximum absolute atomic E-state index is 5.39. The van der Waals surface area contributed by atoms with Crippen molar-refractivity contribution in [3.8, 4) is 0 Å². The van der Waals surface area contributed by atoms with Gasteiger partial charge >= 0.3 is 0 Å². The Hall–Kier alpha value is -2.26. The van der Waals surface area contributed by atoms with Gasteiger partial charge in [-0.15, -0.1) is 0 Å². The van der Waals surface area contributed by atoms with Crippen LogP contribution in [0.1, 0.15) is 24.6 Å². The number of rotatable bonds is 5. The van der Waals surface area contributed by atoms with Crippen molar-refractivity contribution >= 4 is 11.8 Å². The molecule has 9 nitrogen and oxygen atoms in total. The molecule has 0 aliphatic carbocycles. The van der Waals surface area contributed by atoms with E-state index in [4.69, 9.17) is 9.26 Å². The summed E-state index contributed by atoms with van der Waals surface area (Å²) in [7, 11) is 0. The summed E-state index contributed by atoms with van der Waals surface area (Å²) in [6.07, 6.45) is 3.95. The molecule has 0 amide bonds. The molecule has 140 valence electrons. The van der Waals surface area contributed by atoms with Crippen LogP contribution in [0, 0.1) is 6.92 Å². The van der Waals surface area contributed by atoms with E-state index in [2.05, 4.69) is 35.2 Å². The summed E-state index contributed by atoms with van der Waals surface area (Å²) in [6, 6.07) is 2.36. The molecule has 2 fully saturated rings. The molecule has 0 spiro atoms. The normalized spacial score (nSPS) is 19.7. The number of hydrogen-bond donors (Lipinski definition) is 1. The summed E-state index contributed by atoms with van der Waals surface area (Å²) < 4.78 is 10.4. The minimum atomic E-state index is 0.422. The van der Waals surface area contributed by atoms with E-state index in [0.29, 0.717) is 11.9 Å². The first-order chi connectivity index (χ1) is 12.8. The van der Waals surface area contributed by atoms with Crippen molar-refractivity contribution in [1.29, 1.82) is 0 Å². The van der Waals surface area contributed by atoms with E-state index >= 15 is 0 Å². The molecule has 2 aromatic heterocycles. The van der Waals surface area contributed by atoms with Crippen molar-refractivity contribution in [3.63, 3.8) is 0 Å².